The molecule has 1 aliphatic heterocycles. The van der Waals surface area contributed by atoms with Gasteiger partial charge in [0.25, 0.3) is 5.70 Å². The van der Waals surface area contributed by atoms with Crippen LogP contribution in [-0.2, 0) is 24.5 Å². The van der Waals surface area contributed by atoms with Crippen molar-refractivity contribution in [1.29, 1.82) is 0 Å². The van der Waals surface area contributed by atoms with Crippen LogP contribution in [0.2, 0.25) is 0 Å². The average molecular weight is 494 g/mol. The number of nitrogens with zero attached hydrogens (tertiary/aromatic N) is 1. The molecule has 0 saturated carbocycles. The van der Waals surface area contributed by atoms with Crippen molar-refractivity contribution >= 4 is 35.5 Å². The first-order valence-corrected chi connectivity index (χ1v) is 10.3. The van der Waals surface area contributed by atoms with Gasteiger partial charge >= 0.3 is 115 Å². The monoisotopic (exact) mass is 493 g/mol. The van der Waals surface area contributed by atoms with Gasteiger partial charge < -0.3 is 21.6 Å². The minimum atomic E-state index is -0.642. The summed E-state index contributed by atoms with van der Waals surface area (Å²) in [5.74, 6) is -1.12. The minimum absolute atomic E-state index is 0. The second-order valence-electron chi connectivity index (χ2n) is 6.90. The van der Waals surface area contributed by atoms with Crippen LogP contribution in [0.5, 0.6) is 0 Å². The molecule has 30 heavy (non-hydrogen) atoms. The maximum atomic E-state index is 12.3. The third-order valence-corrected chi connectivity index (χ3v) is 6.10. The van der Waals surface area contributed by atoms with Gasteiger partial charge in [0.1, 0.15) is 0 Å². The number of esters is 2. The number of hydrogen-bond donors (Lipinski definition) is 0. The van der Waals surface area contributed by atoms with E-state index in [-0.39, 0.29) is 127 Å². The zero-order valence-electron chi connectivity index (χ0n) is 18.1. The van der Waals surface area contributed by atoms with Crippen molar-refractivity contribution in [2.24, 2.45) is 0 Å². The molecule has 148 valence electrons. The topological polar surface area (TPSA) is 57.0 Å². The fourth-order valence-corrected chi connectivity index (χ4v) is 4.43. The van der Waals surface area contributed by atoms with Crippen LogP contribution in [0.25, 0.3) is 4.85 Å². The van der Waals surface area contributed by atoms with E-state index in [1.807, 2.05) is 6.07 Å². The summed E-state index contributed by atoms with van der Waals surface area (Å²) in [6, 6.07) is 8.50. The predicted molar refractivity (Wildman–Crippen MR) is 110 cm³/mol. The molecular weight excluding hydrogens is 473 g/mol. The van der Waals surface area contributed by atoms with Gasteiger partial charge in [-0.3, -0.25) is 16.4 Å². The molecule has 0 fully saturated rings. The predicted octanol–water partition coefficient (Wildman–Crippen LogP) is -1.07. The molecule has 0 radical (unpaired) electrons. The Balaban J connectivity index is 0.00000420. The van der Waals surface area contributed by atoms with Crippen molar-refractivity contribution in [1.82, 2.24) is 0 Å². The summed E-state index contributed by atoms with van der Waals surface area (Å²) in [6.07, 6.45) is 2.20. The molecule has 0 aliphatic carbocycles. The number of rotatable bonds is 7. The first-order valence-electron chi connectivity index (χ1n) is 8.68. The number of carbonyl (C=O) groups excluding carboxylic acids is 2. The van der Waals surface area contributed by atoms with Gasteiger partial charge in [-0.1, -0.05) is 32.8 Å². The number of thioether (sulfide) groups is 2. The van der Waals surface area contributed by atoms with Gasteiger partial charge in [0.15, 0.2) is 0 Å². The Morgan fingerprint density at radius 1 is 1.17 bits per heavy atom. The van der Waals surface area contributed by atoms with E-state index in [2.05, 4.69) is 44.3 Å². The van der Waals surface area contributed by atoms with Gasteiger partial charge in [-0.15, -0.1) is 0 Å². The van der Waals surface area contributed by atoms with E-state index in [1.54, 1.807) is 0 Å². The largest absolute Gasteiger partial charge is 1.00 e. The van der Waals surface area contributed by atoms with Crippen LogP contribution >= 0.6 is 23.5 Å². The summed E-state index contributed by atoms with van der Waals surface area (Å²) in [5, 5.41) is 0. The Labute approximate surface area is 272 Å². The average Bonchev–Trinajstić information content (AvgIpc) is 3.06. The molecular formula is C21H21K2NO4S2. The fourth-order valence-electron chi connectivity index (χ4n) is 2.12. The van der Waals surface area contributed by atoms with Gasteiger partial charge in [-0.05, 0) is 12.8 Å². The summed E-state index contributed by atoms with van der Waals surface area (Å²) >= 11 is 2.70. The van der Waals surface area contributed by atoms with Gasteiger partial charge in [-0.25, -0.2) is 19.4 Å². The van der Waals surface area contributed by atoms with Crippen LogP contribution in [0.3, 0.4) is 0 Å². The van der Waals surface area contributed by atoms with Gasteiger partial charge in [0.2, 0.25) is 0 Å². The third-order valence-electron chi connectivity index (χ3n) is 3.68. The van der Waals surface area contributed by atoms with Gasteiger partial charge in [-0.2, -0.15) is 23.5 Å². The van der Waals surface area contributed by atoms with Crippen LogP contribution in [0.4, 0.5) is 0 Å². The van der Waals surface area contributed by atoms with E-state index in [4.69, 9.17) is 16.0 Å². The van der Waals surface area contributed by atoms with Crippen LogP contribution in [-0.4, -0.2) is 25.2 Å². The zero-order chi connectivity index (χ0) is 20.7. The fraction of sp³-hybridized carbons (Fsp3) is 0.381. The maximum Gasteiger partial charge on any atom is 1.00 e. The Morgan fingerprint density at radius 3 is 2.33 bits per heavy atom. The Bertz CT molecular complexity index is 858. The van der Waals surface area contributed by atoms with Crippen LogP contribution in [0.15, 0.2) is 38.4 Å². The summed E-state index contributed by atoms with van der Waals surface area (Å²) in [6.45, 7) is 17.4. The number of carbonyl (C=O) groups is 2. The van der Waals surface area contributed by atoms with Crippen LogP contribution in [0.1, 0.15) is 39.2 Å². The number of benzene rings is 1. The Kier molecular flexibility index (Phi) is 15.6. The minimum Gasteiger partial charge on any atom is -0.471 e. The van der Waals surface area contributed by atoms with Crippen molar-refractivity contribution < 1.29 is 122 Å². The molecule has 1 heterocycles. The third kappa shape index (κ3) is 9.53. The number of ether oxygens (including phenoxy) is 2. The molecule has 1 aromatic rings. The smallest absolute Gasteiger partial charge is 0.471 e. The molecule has 1 aliphatic rings. The summed E-state index contributed by atoms with van der Waals surface area (Å²) in [4.78, 5) is 28.3. The van der Waals surface area contributed by atoms with Crippen molar-refractivity contribution in [3.05, 3.63) is 57.8 Å². The molecule has 5 nitrogen and oxygen atoms in total. The van der Waals surface area contributed by atoms with Crippen molar-refractivity contribution in [3.8, 4) is 0 Å². The van der Waals surface area contributed by atoms with E-state index in [0.29, 0.717) is 17.1 Å². The second-order valence-corrected chi connectivity index (χ2v) is 9.20. The van der Waals surface area contributed by atoms with Gasteiger partial charge in [0, 0.05) is 10.3 Å². The van der Waals surface area contributed by atoms with Crippen LogP contribution in [0, 0.1) is 18.7 Å². The van der Waals surface area contributed by atoms with E-state index in [9.17, 15) is 9.59 Å². The Morgan fingerprint density at radius 2 is 1.77 bits per heavy atom. The molecule has 1 aromatic carbocycles. The summed E-state index contributed by atoms with van der Waals surface area (Å²) in [5.41, 5.74) is 0.957. The number of hydrogen-bond acceptors (Lipinski definition) is 6. The number of unbranched alkanes of at least 4 members (excludes halogenated alkanes) is 1. The maximum absolute atomic E-state index is 12.3. The molecule has 0 bridgehead atoms. The first-order chi connectivity index (χ1) is 13.3. The number of fused-ring (bicyclic) bond motifs is 1. The first kappa shape index (κ1) is 31.1. The molecule has 0 spiro atoms. The van der Waals surface area contributed by atoms with E-state index in [0.717, 1.165) is 21.4 Å². The van der Waals surface area contributed by atoms with Crippen molar-refractivity contribution in [3.63, 3.8) is 0 Å². The summed E-state index contributed by atoms with van der Waals surface area (Å²) < 4.78 is 10.6. The Hall–Kier alpha value is 1.10. The normalized spacial score (nSPS) is 13.7. The molecule has 2 rings (SSSR count). The molecule has 0 N–H and O–H groups in total. The van der Waals surface area contributed by atoms with Crippen molar-refractivity contribution in [2.75, 3.05) is 13.2 Å². The van der Waals surface area contributed by atoms with Crippen LogP contribution < -0.4 is 103 Å². The quantitative estimate of drug-likeness (QED) is 0.159. The standard InChI is InChI=1S/C21H21NO4S2.2K/c1-6-17(23)25-11-7-8-12-26-19(24)18(22-5)20-27-15-10-9-14(21(2,3)4)13-16(15)28-20;;/h6,9H,1,7-8,11-12H2,2-4H3;;/q-2;2*+1/b20-18-;;. The SMILES string of the molecule is [C-]#[N+]/C(C(=O)OCCCCOC(=O)C=C)=C1/Sc2[c-]cc(C(C)(C)C)[c-]c2S1.[K+].[K+]. The molecule has 0 saturated heterocycles. The van der Waals surface area contributed by atoms with Crippen molar-refractivity contribution in [2.45, 2.75) is 48.8 Å². The molecule has 9 heteroatoms. The zero-order valence-corrected chi connectivity index (χ0v) is 26.0. The second kappa shape index (κ2) is 15.1. The van der Waals surface area contributed by atoms with E-state index in [1.165, 1.54) is 23.5 Å². The van der Waals surface area contributed by atoms with E-state index >= 15 is 0 Å². The summed E-state index contributed by atoms with van der Waals surface area (Å²) in [7, 11) is 0. The van der Waals surface area contributed by atoms with Gasteiger partial charge in [0.05, 0.1) is 19.8 Å². The van der Waals surface area contributed by atoms with E-state index < -0.39 is 11.9 Å². The molecule has 0 atom stereocenters. The molecule has 0 amide bonds. The molecule has 0 unspecified atom stereocenters. The molecule has 0 aromatic heterocycles.